The van der Waals surface area contributed by atoms with Gasteiger partial charge in [-0.2, -0.15) is 0 Å². The Morgan fingerprint density at radius 1 is 1.25 bits per heavy atom. The lowest BCUT2D eigenvalue weighted by Gasteiger charge is -2.30. The number of nitrogens with one attached hydrogen (secondary N) is 1. The van der Waals surface area contributed by atoms with Gasteiger partial charge in [0.25, 0.3) is 11.8 Å². The molecule has 2 amide bonds. The van der Waals surface area contributed by atoms with E-state index in [1.165, 1.54) is 35.8 Å². The second-order valence-electron chi connectivity index (χ2n) is 6.48. The van der Waals surface area contributed by atoms with E-state index in [2.05, 4.69) is 15.5 Å². The van der Waals surface area contributed by atoms with Gasteiger partial charge in [-0.25, -0.2) is 4.39 Å². The summed E-state index contributed by atoms with van der Waals surface area (Å²) in [5, 5.41) is 11.6. The summed E-state index contributed by atoms with van der Waals surface area (Å²) in [5.74, 6) is -0.690. The Hall–Kier alpha value is -3.07. The van der Waals surface area contributed by atoms with E-state index in [0.717, 1.165) is 12.8 Å². The third-order valence-electron chi connectivity index (χ3n) is 4.51. The number of hydrogen-bond acceptors (Lipinski definition) is 6. The van der Waals surface area contributed by atoms with Crippen molar-refractivity contribution in [3.8, 4) is 0 Å². The van der Waals surface area contributed by atoms with Crippen LogP contribution in [0.3, 0.4) is 0 Å². The summed E-state index contributed by atoms with van der Waals surface area (Å²) >= 11 is 1.19. The minimum absolute atomic E-state index is 0.0147. The number of piperidine rings is 1. The van der Waals surface area contributed by atoms with Gasteiger partial charge in [-0.15, -0.1) is 10.2 Å². The molecule has 1 aliphatic heterocycles. The monoisotopic (exact) mass is 400 g/mol. The molecule has 0 unspecified atom stereocenters. The fourth-order valence-corrected chi connectivity index (χ4v) is 4.03. The summed E-state index contributed by atoms with van der Waals surface area (Å²) in [6.07, 6.45) is 3.17. The zero-order chi connectivity index (χ0) is 19.5. The van der Waals surface area contributed by atoms with E-state index >= 15 is 0 Å². The first-order valence-electron chi connectivity index (χ1n) is 8.83. The molecule has 1 atom stereocenters. The lowest BCUT2D eigenvalue weighted by atomic mass is 9.98. The lowest BCUT2D eigenvalue weighted by Crippen LogP contribution is -2.38. The minimum atomic E-state index is -0.436. The SMILES string of the molecule is O=C(Nc1cccc(F)c1)c1nnc([C@@H]2CCCN(C(=O)c3ccco3)C2)s1. The molecule has 9 heteroatoms. The Labute approximate surface area is 164 Å². The van der Waals surface area contributed by atoms with Crippen molar-refractivity contribution >= 4 is 28.8 Å². The van der Waals surface area contributed by atoms with E-state index in [-0.39, 0.29) is 16.8 Å². The van der Waals surface area contributed by atoms with Crippen molar-refractivity contribution in [1.29, 1.82) is 0 Å². The second kappa shape index (κ2) is 7.89. The van der Waals surface area contributed by atoms with Gasteiger partial charge in [0.1, 0.15) is 10.8 Å². The highest BCUT2D eigenvalue weighted by Gasteiger charge is 2.29. The molecule has 1 aliphatic rings. The molecule has 0 radical (unpaired) electrons. The number of likely N-dealkylation sites (tertiary alicyclic amines) is 1. The van der Waals surface area contributed by atoms with Crippen LogP contribution in [0, 0.1) is 5.82 Å². The van der Waals surface area contributed by atoms with Crippen LogP contribution in [0.15, 0.2) is 47.1 Å². The van der Waals surface area contributed by atoms with Gasteiger partial charge in [0.2, 0.25) is 5.01 Å². The van der Waals surface area contributed by atoms with E-state index in [9.17, 15) is 14.0 Å². The zero-order valence-electron chi connectivity index (χ0n) is 14.8. The molecular formula is C19H17FN4O3S. The first-order chi connectivity index (χ1) is 13.6. The Morgan fingerprint density at radius 2 is 2.14 bits per heavy atom. The predicted molar refractivity (Wildman–Crippen MR) is 101 cm³/mol. The normalized spacial score (nSPS) is 16.8. The fraction of sp³-hybridized carbons (Fsp3) is 0.263. The molecule has 1 fully saturated rings. The van der Waals surface area contributed by atoms with Crippen LogP contribution in [0.4, 0.5) is 10.1 Å². The van der Waals surface area contributed by atoms with Gasteiger partial charge in [0, 0.05) is 24.7 Å². The van der Waals surface area contributed by atoms with Gasteiger partial charge in [-0.3, -0.25) is 9.59 Å². The first kappa shape index (κ1) is 18.3. The summed E-state index contributed by atoms with van der Waals surface area (Å²) < 4.78 is 18.4. The van der Waals surface area contributed by atoms with Crippen molar-refractivity contribution < 1.29 is 18.4 Å². The highest BCUT2D eigenvalue weighted by atomic mass is 32.1. The Kier molecular flexibility index (Phi) is 5.16. The molecular weight excluding hydrogens is 383 g/mol. The summed E-state index contributed by atoms with van der Waals surface area (Å²) in [6.45, 7) is 1.15. The van der Waals surface area contributed by atoms with Gasteiger partial charge >= 0.3 is 0 Å². The van der Waals surface area contributed by atoms with Crippen LogP contribution >= 0.6 is 11.3 Å². The zero-order valence-corrected chi connectivity index (χ0v) is 15.6. The Bertz CT molecular complexity index is 989. The number of anilines is 1. The molecule has 0 bridgehead atoms. The maximum atomic E-state index is 13.3. The average Bonchev–Trinajstić information content (AvgIpc) is 3.40. The van der Waals surface area contributed by atoms with Crippen molar-refractivity contribution in [3.05, 3.63) is 64.3 Å². The molecule has 4 rings (SSSR count). The van der Waals surface area contributed by atoms with Crippen LogP contribution in [-0.4, -0.2) is 40.0 Å². The third-order valence-corrected chi connectivity index (χ3v) is 5.59. The fourth-order valence-electron chi connectivity index (χ4n) is 3.16. The number of hydrogen-bond donors (Lipinski definition) is 1. The molecule has 1 N–H and O–H groups in total. The van der Waals surface area contributed by atoms with E-state index < -0.39 is 11.7 Å². The highest BCUT2D eigenvalue weighted by molar-refractivity contribution is 7.13. The van der Waals surface area contributed by atoms with Crippen molar-refractivity contribution in [2.24, 2.45) is 0 Å². The van der Waals surface area contributed by atoms with E-state index in [4.69, 9.17) is 4.42 Å². The number of aromatic nitrogens is 2. The molecule has 7 nitrogen and oxygen atoms in total. The molecule has 144 valence electrons. The second-order valence-corrected chi connectivity index (χ2v) is 7.49. The quantitative estimate of drug-likeness (QED) is 0.724. The average molecular weight is 400 g/mol. The number of rotatable bonds is 4. The van der Waals surface area contributed by atoms with Gasteiger partial charge < -0.3 is 14.6 Å². The maximum absolute atomic E-state index is 13.3. The van der Waals surface area contributed by atoms with Gasteiger partial charge in [-0.05, 0) is 43.2 Å². The molecule has 3 aromatic rings. The molecule has 1 aromatic carbocycles. The first-order valence-corrected chi connectivity index (χ1v) is 9.65. The number of nitrogens with zero attached hydrogens (tertiary/aromatic N) is 3. The summed E-state index contributed by atoms with van der Waals surface area (Å²) in [4.78, 5) is 26.6. The molecule has 0 saturated carbocycles. The van der Waals surface area contributed by atoms with Gasteiger partial charge in [0.05, 0.1) is 6.26 Å². The summed E-state index contributed by atoms with van der Waals surface area (Å²) in [5.41, 5.74) is 0.356. The van der Waals surface area contributed by atoms with Crippen LogP contribution in [-0.2, 0) is 0 Å². The molecule has 28 heavy (non-hydrogen) atoms. The number of carbonyl (C=O) groups is 2. The minimum Gasteiger partial charge on any atom is -0.459 e. The topological polar surface area (TPSA) is 88.3 Å². The summed E-state index contributed by atoms with van der Waals surface area (Å²) in [7, 11) is 0. The molecule has 0 aliphatic carbocycles. The van der Waals surface area contributed by atoms with E-state index in [1.54, 1.807) is 23.1 Å². The van der Waals surface area contributed by atoms with Gasteiger partial charge in [0.15, 0.2) is 5.76 Å². The highest BCUT2D eigenvalue weighted by Crippen LogP contribution is 2.30. The summed E-state index contributed by atoms with van der Waals surface area (Å²) in [6, 6.07) is 8.98. The predicted octanol–water partition coefficient (Wildman–Crippen LogP) is 3.54. The molecule has 2 aromatic heterocycles. The lowest BCUT2D eigenvalue weighted by molar-refractivity contribution is 0.0674. The van der Waals surface area contributed by atoms with Crippen LogP contribution < -0.4 is 5.32 Å². The molecule has 0 spiro atoms. The Morgan fingerprint density at radius 3 is 2.93 bits per heavy atom. The van der Waals surface area contributed by atoms with Crippen LogP contribution in [0.25, 0.3) is 0 Å². The van der Waals surface area contributed by atoms with Crippen molar-refractivity contribution in [3.63, 3.8) is 0 Å². The van der Waals surface area contributed by atoms with Crippen molar-refractivity contribution in [1.82, 2.24) is 15.1 Å². The van der Waals surface area contributed by atoms with Crippen molar-refractivity contribution in [2.75, 3.05) is 18.4 Å². The van der Waals surface area contributed by atoms with E-state index in [1.807, 2.05) is 0 Å². The standard InChI is InChI=1S/C19H17FN4O3S/c20-13-5-1-6-14(10-13)21-16(25)18-23-22-17(28-18)12-4-2-8-24(11-12)19(26)15-7-3-9-27-15/h1,3,5-7,9-10,12H,2,4,8,11H2,(H,21,25)/t12-/m1/s1. The van der Waals surface area contributed by atoms with Crippen molar-refractivity contribution in [2.45, 2.75) is 18.8 Å². The number of halogens is 1. The van der Waals surface area contributed by atoms with E-state index in [0.29, 0.717) is 29.5 Å². The van der Waals surface area contributed by atoms with Gasteiger partial charge in [-0.1, -0.05) is 17.4 Å². The number of benzene rings is 1. The van der Waals surface area contributed by atoms with Crippen LogP contribution in [0.1, 0.15) is 44.1 Å². The third kappa shape index (κ3) is 3.94. The smallest absolute Gasteiger partial charge is 0.289 e. The van der Waals surface area contributed by atoms with Crippen LogP contribution in [0.2, 0.25) is 0 Å². The maximum Gasteiger partial charge on any atom is 0.289 e. The number of carbonyl (C=O) groups excluding carboxylic acids is 2. The Balaban J connectivity index is 1.43. The molecule has 1 saturated heterocycles. The van der Waals surface area contributed by atoms with Crippen LogP contribution in [0.5, 0.6) is 0 Å². The number of amides is 2. The molecule has 3 heterocycles. The number of furan rings is 1. The largest absolute Gasteiger partial charge is 0.459 e.